The van der Waals surface area contributed by atoms with Crippen molar-refractivity contribution in [3.8, 4) is 17.6 Å². The fraction of sp³-hybridized carbons (Fsp3) is 0.615. The van der Waals surface area contributed by atoms with Crippen LogP contribution in [0.3, 0.4) is 0 Å². The summed E-state index contributed by atoms with van der Waals surface area (Å²) in [6, 6.07) is 7.11. The highest BCUT2D eigenvalue weighted by Crippen LogP contribution is 2.43. The molecule has 9 nitrogen and oxygen atoms in total. The molecular weight excluding hydrogens is 569 g/mol. The summed E-state index contributed by atoms with van der Waals surface area (Å²) in [4.78, 5) is 7.34. The summed E-state index contributed by atoms with van der Waals surface area (Å²) in [6.45, 7) is 5.02. The van der Waals surface area contributed by atoms with Gasteiger partial charge >= 0.3 is 0 Å². The van der Waals surface area contributed by atoms with Crippen molar-refractivity contribution in [3.05, 3.63) is 27.6 Å². The second kappa shape index (κ2) is 9.91. The first-order valence-corrected chi connectivity index (χ1v) is 14.2. The molecule has 0 aromatic carbocycles. The maximum Gasteiger partial charge on any atom is 0.181 e. The second-order valence-corrected chi connectivity index (χ2v) is 11.3. The molecule has 3 aromatic rings. The van der Waals surface area contributed by atoms with E-state index in [1.165, 1.54) is 6.42 Å². The third-order valence-electron chi connectivity index (χ3n) is 7.97. The third-order valence-corrected chi connectivity index (χ3v) is 8.72. The van der Waals surface area contributed by atoms with E-state index in [0.717, 1.165) is 90.2 Å². The summed E-state index contributed by atoms with van der Waals surface area (Å²) in [5, 5.41) is 20.3. The van der Waals surface area contributed by atoms with Crippen LogP contribution < -0.4 is 4.90 Å². The van der Waals surface area contributed by atoms with E-state index in [0.29, 0.717) is 13.2 Å². The summed E-state index contributed by atoms with van der Waals surface area (Å²) in [7, 11) is 0. The Morgan fingerprint density at radius 3 is 2.78 bits per heavy atom. The lowest BCUT2D eigenvalue weighted by Crippen LogP contribution is -2.44. The fourth-order valence-electron chi connectivity index (χ4n) is 6.01. The molecule has 36 heavy (non-hydrogen) atoms. The zero-order chi connectivity index (χ0) is 24.7. The lowest BCUT2D eigenvalue weighted by atomic mass is 9.70. The predicted octanol–water partition coefficient (Wildman–Crippen LogP) is 4.85. The van der Waals surface area contributed by atoms with Gasteiger partial charge in [-0.1, -0.05) is 19.3 Å². The van der Waals surface area contributed by atoms with Crippen molar-refractivity contribution in [1.29, 1.82) is 5.26 Å². The third kappa shape index (κ3) is 4.09. The summed E-state index contributed by atoms with van der Waals surface area (Å²) in [5.41, 5.74) is 2.35. The van der Waals surface area contributed by atoms with Gasteiger partial charge in [-0.3, -0.25) is 0 Å². The zero-order valence-electron chi connectivity index (χ0n) is 20.7. The maximum atomic E-state index is 10.5. The Balaban J connectivity index is 1.57. The number of rotatable bonds is 4. The average molecular weight is 601 g/mol. The van der Waals surface area contributed by atoms with Crippen LogP contribution in [0.25, 0.3) is 17.0 Å². The largest absolute Gasteiger partial charge is 0.377 e. The number of fused-ring (bicyclic) bond motifs is 1. The Morgan fingerprint density at radius 1 is 1.17 bits per heavy atom. The van der Waals surface area contributed by atoms with Gasteiger partial charge in [-0.25, -0.2) is 14.2 Å². The van der Waals surface area contributed by atoms with Crippen LogP contribution in [0, 0.1) is 15.0 Å². The second-order valence-electron chi connectivity index (χ2n) is 10.3. The molecule has 0 bridgehead atoms. The number of nitriles is 1. The molecule has 2 aliphatic heterocycles. The van der Waals surface area contributed by atoms with E-state index >= 15 is 0 Å². The van der Waals surface area contributed by atoms with E-state index < -0.39 is 5.41 Å². The minimum Gasteiger partial charge on any atom is -0.377 e. The maximum absolute atomic E-state index is 10.5. The number of ether oxygens (including phenoxy) is 2. The summed E-state index contributed by atoms with van der Waals surface area (Å²) in [6.07, 6.45) is 9.89. The number of morpholine rings is 1. The molecule has 0 spiro atoms. The number of aromatic nitrogens is 5. The Labute approximate surface area is 224 Å². The number of halogens is 1. The molecular formula is C26H32IN7O2. The van der Waals surface area contributed by atoms with Crippen molar-refractivity contribution in [2.24, 2.45) is 0 Å². The molecule has 1 aliphatic carbocycles. The minimum atomic E-state index is -0.531. The number of nitrogens with zero attached hydrogens (tertiary/aromatic N) is 7. The van der Waals surface area contributed by atoms with Crippen molar-refractivity contribution >= 4 is 33.9 Å². The normalized spacial score (nSPS) is 24.6. The van der Waals surface area contributed by atoms with Crippen molar-refractivity contribution in [2.75, 3.05) is 31.3 Å². The fourth-order valence-corrected chi connectivity index (χ4v) is 6.76. The molecule has 0 radical (unpaired) electrons. The monoisotopic (exact) mass is 601 g/mol. The lowest BCUT2D eigenvalue weighted by molar-refractivity contribution is -0.0384. The van der Waals surface area contributed by atoms with Crippen molar-refractivity contribution in [3.63, 3.8) is 0 Å². The molecule has 3 aromatic heterocycles. The zero-order valence-corrected chi connectivity index (χ0v) is 22.9. The highest BCUT2D eigenvalue weighted by Gasteiger charge is 2.39. The van der Waals surface area contributed by atoms with Gasteiger partial charge in [0.05, 0.1) is 30.7 Å². The number of anilines is 1. The molecule has 0 amide bonds. The Bertz CT molecular complexity index is 1280. The van der Waals surface area contributed by atoms with E-state index in [2.05, 4.69) is 51.6 Å². The van der Waals surface area contributed by atoms with Crippen molar-refractivity contribution < 1.29 is 9.47 Å². The SMILES string of the molecule is CC1COCCN1c1cc(C2(C#N)CCCCC2)c2c(I)nc(-c3ccnn3C3CCCCO3)n2n1. The molecule has 0 N–H and O–H groups in total. The van der Waals surface area contributed by atoms with Crippen LogP contribution in [0.2, 0.25) is 0 Å². The molecule has 10 heteroatoms. The van der Waals surface area contributed by atoms with Crippen LogP contribution in [0.15, 0.2) is 18.3 Å². The van der Waals surface area contributed by atoms with E-state index in [1.807, 2.05) is 21.5 Å². The van der Waals surface area contributed by atoms with Gasteiger partial charge in [0.2, 0.25) is 0 Å². The van der Waals surface area contributed by atoms with Gasteiger partial charge in [0.1, 0.15) is 20.7 Å². The number of hydrogen-bond acceptors (Lipinski definition) is 7. The van der Waals surface area contributed by atoms with Gasteiger partial charge in [-0.05, 0) is 73.8 Å². The smallest absolute Gasteiger partial charge is 0.181 e. The van der Waals surface area contributed by atoms with Crippen LogP contribution in [-0.2, 0) is 14.9 Å². The minimum absolute atomic E-state index is 0.0977. The highest BCUT2D eigenvalue weighted by molar-refractivity contribution is 14.1. The topological polar surface area (TPSA) is 93.5 Å². The summed E-state index contributed by atoms with van der Waals surface area (Å²) < 4.78 is 16.6. The number of imidazole rings is 1. The average Bonchev–Trinajstić information content (AvgIpc) is 3.54. The molecule has 2 unspecified atom stereocenters. The summed E-state index contributed by atoms with van der Waals surface area (Å²) >= 11 is 2.31. The Morgan fingerprint density at radius 2 is 2.03 bits per heavy atom. The Hall–Kier alpha value is -2.23. The van der Waals surface area contributed by atoms with E-state index in [9.17, 15) is 5.26 Å². The molecule has 3 aliphatic rings. The van der Waals surface area contributed by atoms with E-state index in [4.69, 9.17) is 19.6 Å². The predicted molar refractivity (Wildman–Crippen MR) is 144 cm³/mol. The van der Waals surface area contributed by atoms with Crippen LogP contribution >= 0.6 is 22.6 Å². The molecule has 190 valence electrons. The van der Waals surface area contributed by atoms with Crippen molar-refractivity contribution in [2.45, 2.75) is 76.0 Å². The van der Waals surface area contributed by atoms with Crippen LogP contribution in [0.5, 0.6) is 0 Å². The Kier molecular flexibility index (Phi) is 6.64. The van der Waals surface area contributed by atoms with E-state index in [1.54, 1.807) is 0 Å². The quantitative estimate of drug-likeness (QED) is 0.395. The van der Waals surface area contributed by atoms with Crippen LogP contribution in [-0.4, -0.2) is 56.8 Å². The van der Waals surface area contributed by atoms with E-state index in [-0.39, 0.29) is 12.3 Å². The standard InChI is InChI=1S/C26H32IN7O2/c1-18-16-35-14-12-32(18)21-15-19(26(17-28)9-4-2-5-10-26)23-24(27)30-25(34(23)31-21)20-8-11-29-33(20)22-7-3-6-13-36-22/h8,11,15,18,22H,2-7,9-10,12-14,16H2,1H3. The molecule has 2 saturated heterocycles. The summed E-state index contributed by atoms with van der Waals surface area (Å²) in [5.74, 6) is 1.62. The van der Waals surface area contributed by atoms with Gasteiger partial charge < -0.3 is 14.4 Å². The first-order chi connectivity index (χ1) is 17.6. The van der Waals surface area contributed by atoms with Gasteiger partial charge in [-0.2, -0.15) is 10.4 Å². The van der Waals surface area contributed by atoms with Gasteiger partial charge in [0.25, 0.3) is 0 Å². The molecule has 1 saturated carbocycles. The van der Waals surface area contributed by atoms with Gasteiger partial charge in [-0.15, -0.1) is 5.10 Å². The first-order valence-electron chi connectivity index (χ1n) is 13.1. The van der Waals surface area contributed by atoms with Crippen LogP contribution in [0.1, 0.15) is 70.1 Å². The molecule has 5 heterocycles. The first kappa shape index (κ1) is 24.1. The highest BCUT2D eigenvalue weighted by atomic mass is 127. The lowest BCUT2D eigenvalue weighted by Gasteiger charge is -2.36. The van der Waals surface area contributed by atoms with Gasteiger partial charge in [0.15, 0.2) is 12.1 Å². The molecule has 6 rings (SSSR count). The molecule has 3 fully saturated rings. The van der Waals surface area contributed by atoms with Crippen molar-refractivity contribution in [1.82, 2.24) is 24.4 Å². The van der Waals surface area contributed by atoms with Gasteiger partial charge in [0, 0.05) is 24.9 Å². The van der Waals surface area contributed by atoms with Crippen LogP contribution in [0.4, 0.5) is 5.82 Å². The molecule has 2 atom stereocenters. The number of hydrogen-bond donors (Lipinski definition) is 0.